The molecular formula is C19H20Cl2N4O. The molecule has 1 aromatic heterocycles. The van der Waals surface area contributed by atoms with Crippen LogP contribution in [0.2, 0.25) is 5.02 Å². The van der Waals surface area contributed by atoms with Gasteiger partial charge in [-0.25, -0.2) is 0 Å². The van der Waals surface area contributed by atoms with Crippen LogP contribution < -0.4 is 5.32 Å². The van der Waals surface area contributed by atoms with E-state index in [9.17, 15) is 4.79 Å². The van der Waals surface area contributed by atoms with Gasteiger partial charge < -0.3 is 10.2 Å². The third-order valence-corrected chi connectivity index (χ3v) is 5.04. The molecule has 1 aliphatic rings. The maximum Gasteiger partial charge on any atom is 0.256 e. The first kappa shape index (κ1) is 18.7. The number of benzene rings is 2. The molecule has 1 amide bonds. The fourth-order valence-corrected chi connectivity index (χ4v) is 3.76. The zero-order valence-corrected chi connectivity index (χ0v) is 15.9. The van der Waals surface area contributed by atoms with Crippen LogP contribution in [0.1, 0.15) is 27.5 Å². The van der Waals surface area contributed by atoms with Crippen LogP contribution in [0.3, 0.4) is 0 Å². The van der Waals surface area contributed by atoms with E-state index >= 15 is 0 Å². The highest BCUT2D eigenvalue weighted by Gasteiger charge is 2.31. The van der Waals surface area contributed by atoms with Gasteiger partial charge in [-0.1, -0.05) is 29.8 Å². The molecule has 0 bridgehead atoms. The van der Waals surface area contributed by atoms with Crippen molar-refractivity contribution in [3.63, 3.8) is 0 Å². The minimum atomic E-state index is -0.0894. The van der Waals surface area contributed by atoms with E-state index in [0.29, 0.717) is 23.7 Å². The third kappa shape index (κ3) is 3.30. The molecule has 0 aliphatic carbocycles. The van der Waals surface area contributed by atoms with Crippen LogP contribution in [0.5, 0.6) is 0 Å². The number of hydrogen-bond donors (Lipinski definition) is 2. The van der Waals surface area contributed by atoms with Gasteiger partial charge in [0.2, 0.25) is 0 Å². The minimum Gasteiger partial charge on any atom is -0.329 e. The predicted octanol–water partition coefficient (Wildman–Crippen LogP) is 3.73. The lowest BCUT2D eigenvalue weighted by molar-refractivity contribution is 0.0636. The van der Waals surface area contributed by atoms with E-state index in [1.165, 1.54) is 0 Å². The number of aromatic amines is 1. The van der Waals surface area contributed by atoms with Crippen molar-refractivity contribution in [3.05, 3.63) is 64.3 Å². The summed E-state index contributed by atoms with van der Waals surface area (Å²) in [5.41, 5.74) is 3.46. The molecule has 7 heteroatoms. The maximum absolute atomic E-state index is 13.4. The van der Waals surface area contributed by atoms with E-state index in [4.69, 9.17) is 11.6 Å². The van der Waals surface area contributed by atoms with Crippen LogP contribution in [0.25, 0.3) is 10.9 Å². The normalized spacial score (nSPS) is 17.2. The lowest BCUT2D eigenvalue weighted by atomic mass is 10.0. The van der Waals surface area contributed by atoms with Crippen LogP contribution in [0, 0.1) is 6.92 Å². The summed E-state index contributed by atoms with van der Waals surface area (Å²) in [5.74, 6) is 0.00405. The zero-order chi connectivity index (χ0) is 17.4. The first-order valence-corrected chi connectivity index (χ1v) is 8.73. The Kier molecular flexibility index (Phi) is 5.51. The summed E-state index contributed by atoms with van der Waals surface area (Å²) < 4.78 is 0. The molecule has 26 heavy (non-hydrogen) atoms. The van der Waals surface area contributed by atoms with Gasteiger partial charge in [0.25, 0.3) is 5.91 Å². The topological polar surface area (TPSA) is 61.0 Å². The fraction of sp³-hybridized carbons (Fsp3) is 0.263. The van der Waals surface area contributed by atoms with Crippen molar-refractivity contribution in [3.8, 4) is 0 Å². The van der Waals surface area contributed by atoms with Crippen molar-refractivity contribution in [2.75, 3.05) is 19.6 Å². The number of H-pyrrole nitrogens is 1. The Morgan fingerprint density at radius 2 is 2.12 bits per heavy atom. The number of halogens is 2. The molecule has 1 atom stereocenters. The average molecular weight is 391 g/mol. The minimum absolute atomic E-state index is 0. The van der Waals surface area contributed by atoms with Gasteiger partial charge in [-0.05, 0) is 36.2 Å². The molecule has 2 heterocycles. The van der Waals surface area contributed by atoms with E-state index in [1.807, 2.05) is 48.2 Å². The number of nitrogens with one attached hydrogen (secondary N) is 2. The fourth-order valence-electron chi connectivity index (χ4n) is 3.50. The van der Waals surface area contributed by atoms with Crippen molar-refractivity contribution >= 4 is 40.8 Å². The first-order chi connectivity index (χ1) is 12.1. The Morgan fingerprint density at radius 3 is 2.92 bits per heavy atom. The van der Waals surface area contributed by atoms with Gasteiger partial charge in [-0.3, -0.25) is 9.89 Å². The van der Waals surface area contributed by atoms with Crippen molar-refractivity contribution in [1.29, 1.82) is 0 Å². The molecule has 1 unspecified atom stereocenters. The molecule has 1 aliphatic heterocycles. The van der Waals surface area contributed by atoms with Gasteiger partial charge >= 0.3 is 0 Å². The summed E-state index contributed by atoms with van der Waals surface area (Å²) in [7, 11) is 0. The summed E-state index contributed by atoms with van der Waals surface area (Å²) in [4.78, 5) is 15.3. The number of aromatic nitrogens is 2. The molecule has 5 nitrogen and oxygen atoms in total. The molecule has 1 saturated heterocycles. The zero-order valence-electron chi connectivity index (χ0n) is 14.3. The Labute approximate surface area is 163 Å². The summed E-state index contributed by atoms with van der Waals surface area (Å²) >= 11 is 6.39. The van der Waals surface area contributed by atoms with Crippen LogP contribution in [-0.2, 0) is 0 Å². The average Bonchev–Trinajstić information content (AvgIpc) is 3.09. The second-order valence-electron chi connectivity index (χ2n) is 6.39. The van der Waals surface area contributed by atoms with Crippen LogP contribution in [0.4, 0.5) is 0 Å². The van der Waals surface area contributed by atoms with Gasteiger partial charge in [-0.2, -0.15) is 5.10 Å². The molecule has 0 saturated carbocycles. The Hall–Kier alpha value is -2.08. The summed E-state index contributed by atoms with van der Waals surface area (Å²) in [6, 6.07) is 11.6. The molecule has 2 aromatic carbocycles. The van der Waals surface area contributed by atoms with Crippen molar-refractivity contribution in [1.82, 2.24) is 20.4 Å². The Morgan fingerprint density at radius 1 is 1.31 bits per heavy atom. The predicted molar refractivity (Wildman–Crippen MR) is 106 cm³/mol. The number of fused-ring (bicyclic) bond motifs is 1. The number of rotatable bonds is 2. The van der Waals surface area contributed by atoms with E-state index in [0.717, 1.165) is 28.6 Å². The van der Waals surface area contributed by atoms with Crippen LogP contribution in [0.15, 0.2) is 42.6 Å². The number of carbonyl (C=O) groups excluding carboxylic acids is 1. The summed E-state index contributed by atoms with van der Waals surface area (Å²) in [5, 5.41) is 12.1. The van der Waals surface area contributed by atoms with Crippen LogP contribution in [-0.4, -0.2) is 40.6 Å². The molecule has 4 rings (SSSR count). The van der Waals surface area contributed by atoms with Gasteiger partial charge in [0, 0.05) is 30.0 Å². The van der Waals surface area contributed by atoms with Crippen LogP contribution >= 0.6 is 24.0 Å². The lowest BCUT2D eigenvalue weighted by Crippen LogP contribution is -2.48. The second-order valence-corrected chi connectivity index (χ2v) is 6.79. The smallest absolute Gasteiger partial charge is 0.256 e. The van der Waals surface area contributed by atoms with Crippen molar-refractivity contribution in [2.45, 2.75) is 13.0 Å². The highest BCUT2D eigenvalue weighted by Crippen LogP contribution is 2.31. The number of nitrogens with zero attached hydrogens (tertiary/aromatic N) is 2. The molecular weight excluding hydrogens is 371 g/mol. The standard InChI is InChI=1S/C19H19ClN4O.ClH/c1-12-8-13-10-22-23-18(13)15(9-12)19(25)24-7-6-21-11-17(24)14-4-2-3-5-16(14)20;/h2-5,8-10,17,21H,6-7,11H2,1H3,(H,22,23);1H. The van der Waals surface area contributed by atoms with Gasteiger partial charge in [0.15, 0.2) is 0 Å². The Balaban J connectivity index is 0.00000196. The highest BCUT2D eigenvalue weighted by atomic mass is 35.5. The van der Waals surface area contributed by atoms with Gasteiger partial charge in [-0.15, -0.1) is 12.4 Å². The molecule has 2 N–H and O–H groups in total. The molecule has 0 spiro atoms. The molecule has 136 valence electrons. The van der Waals surface area contributed by atoms with Gasteiger partial charge in [0.05, 0.1) is 23.3 Å². The SMILES string of the molecule is Cc1cc(C(=O)N2CCNCC2c2ccccc2Cl)c2[nH]ncc2c1.Cl. The van der Waals surface area contributed by atoms with Crippen molar-refractivity contribution < 1.29 is 4.79 Å². The van der Waals surface area contributed by atoms with Gasteiger partial charge in [0.1, 0.15) is 0 Å². The molecule has 3 aromatic rings. The number of piperazine rings is 1. The number of amides is 1. The van der Waals surface area contributed by atoms with E-state index in [2.05, 4.69) is 15.5 Å². The third-order valence-electron chi connectivity index (χ3n) is 4.69. The number of hydrogen-bond acceptors (Lipinski definition) is 3. The largest absolute Gasteiger partial charge is 0.329 e. The Bertz CT molecular complexity index is 940. The number of carbonyl (C=O) groups is 1. The quantitative estimate of drug-likeness (QED) is 0.700. The second kappa shape index (κ2) is 7.66. The summed E-state index contributed by atoms with van der Waals surface area (Å²) in [6.45, 7) is 4.09. The van der Waals surface area contributed by atoms with E-state index < -0.39 is 0 Å². The maximum atomic E-state index is 13.4. The number of aryl methyl sites for hydroxylation is 1. The monoisotopic (exact) mass is 390 g/mol. The first-order valence-electron chi connectivity index (χ1n) is 8.35. The lowest BCUT2D eigenvalue weighted by Gasteiger charge is -2.37. The summed E-state index contributed by atoms with van der Waals surface area (Å²) in [6.07, 6.45) is 1.75. The van der Waals surface area contributed by atoms with E-state index in [-0.39, 0.29) is 24.4 Å². The molecule has 1 fully saturated rings. The molecule has 0 radical (unpaired) electrons. The van der Waals surface area contributed by atoms with E-state index in [1.54, 1.807) is 6.20 Å². The van der Waals surface area contributed by atoms with Crippen molar-refractivity contribution in [2.24, 2.45) is 0 Å². The highest BCUT2D eigenvalue weighted by molar-refractivity contribution is 6.31.